The summed E-state index contributed by atoms with van der Waals surface area (Å²) in [6, 6.07) is 12.3. The molecule has 0 saturated carbocycles. The summed E-state index contributed by atoms with van der Waals surface area (Å²) in [6.45, 7) is 4.40. The average Bonchev–Trinajstić information content (AvgIpc) is 3.17. The number of hydrogen-bond acceptors (Lipinski definition) is 3. The van der Waals surface area contributed by atoms with E-state index in [1.54, 1.807) is 13.2 Å². The summed E-state index contributed by atoms with van der Waals surface area (Å²) in [5, 5.41) is 5.23. The van der Waals surface area contributed by atoms with Crippen molar-refractivity contribution in [2.45, 2.75) is 44.8 Å². The molecule has 174 valence electrons. The van der Waals surface area contributed by atoms with Crippen molar-refractivity contribution in [2.24, 2.45) is 0 Å². The van der Waals surface area contributed by atoms with Gasteiger partial charge in [0.05, 0.1) is 22.7 Å². The van der Waals surface area contributed by atoms with Gasteiger partial charge in [0.2, 0.25) is 0 Å². The molecule has 1 aliphatic heterocycles. The molecule has 1 fully saturated rings. The first-order valence-electron chi connectivity index (χ1n) is 11.1. The first-order chi connectivity index (χ1) is 15.8. The van der Waals surface area contributed by atoms with Gasteiger partial charge in [-0.3, -0.25) is 4.79 Å². The van der Waals surface area contributed by atoms with E-state index in [4.69, 9.17) is 27.9 Å². The smallest absolute Gasteiger partial charge is 0.255 e. The third-order valence-electron chi connectivity index (χ3n) is 6.60. The molecule has 4 rings (SSSR count). The van der Waals surface area contributed by atoms with Crippen molar-refractivity contribution in [3.8, 4) is 5.75 Å². The number of hydrogen-bond donors (Lipinski definition) is 2. The molecule has 0 bridgehead atoms. The number of rotatable bonds is 5. The molecule has 5 nitrogen and oxygen atoms in total. The zero-order valence-corrected chi connectivity index (χ0v) is 20.8. The summed E-state index contributed by atoms with van der Waals surface area (Å²) in [4.78, 5) is 18.8. The molecule has 0 aliphatic carbocycles. The minimum atomic E-state index is -0.106. The predicted octanol–water partition coefficient (Wildman–Crippen LogP) is 6.25. The summed E-state index contributed by atoms with van der Waals surface area (Å²) < 4.78 is 5.66. The number of fused-ring (bicyclic) bond motifs is 1. The number of aromatic nitrogens is 1. The van der Waals surface area contributed by atoms with E-state index in [1.165, 1.54) is 0 Å². The molecule has 0 radical (unpaired) electrons. The van der Waals surface area contributed by atoms with E-state index in [0.717, 1.165) is 35.0 Å². The molecule has 1 aliphatic rings. The number of para-hydroxylation sites is 1. The van der Waals surface area contributed by atoms with Crippen molar-refractivity contribution >= 4 is 52.2 Å². The summed E-state index contributed by atoms with van der Waals surface area (Å²) >= 11 is 12.3. The van der Waals surface area contributed by atoms with Crippen LogP contribution in [0.25, 0.3) is 23.1 Å². The zero-order chi connectivity index (χ0) is 23.7. The molecule has 1 amide bonds. The number of amides is 1. The van der Waals surface area contributed by atoms with Crippen molar-refractivity contribution in [3.05, 3.63) is 63.3 Å². The van der Waals surface area contributed by atoms with E-state index in [9.17, 15) is 4.79 Å². The van der Waals surface area contributed by atoms with Crippen molar-refractivity contribution in [3.63, 3.8) is 0 Å². The third-order valence-corrected chi connectivity index (χ3v) is 7.32. The lowest BCUT2D eigenvalue weighted by molar-refractivity contribution is 0.0827. The fraction of sp³-hybridized carbons (Fsp3) is 0.346. The maximum atomic E-state index is 13.1. The highest BCUT2D eigenvalue weighted by Gasteiger charge is 2.29. The monoisotopic (exact) mass is 485 g/mol. The normalized spacial score (nSPS) is 21.6. The van der Waals surface area contributed by atoms with Crippen LogP contribution in [-0.4, -0.2) is 48.1 Å². The highest BCUT2D eigenvalue weighted by atomic mass is 35.5. The SMILES string of the molecule is COc1c(/C=C/c2cc3cc(Cl)c(Cl)cc3[nH]2)cccc1C(=O)NC1CC(C)N(C)C(C)C1. The number of ether oxygens (including phenoxy) is 1. The summed E-state index contributed by atoms with van der Waals surface area (Å²) in [5.74, 6) is 0.452. The minimum Gasteiger partial charge on any atom is -0.495 e. The number of aromatic amines is 1. The van der Waals surface area contributed by atoms with E-state index in [0.29, 0.717) is 33.4 Å². The van der Waals surface area contributed by atoms with Gasteiger partial charge in [-0.2, -0.15) is 0 Å². The molecule has 2 heterocycles. The molecule has 33 heavy (non-hydrogen) atoms. The topological polar surface area (TPSA) is 57.4 Å². The average molecular weight is 486 g/mol. The van der Waals surface area contributed by atoms with Gasteiger partial charge in [0.15, 0.2) is 0 Å². The quantitative estimate of drug-likeness (QED) is 0.448. The number of H-pyrrole nitrogens is 1. The molecular formula is C26H29Cl2N3O2. The Labute approximate surface area is 204 Å². The molecule has 0 spiro atoms. The highest BCUT2D eigenvalue weighted by molar-refractivity contribution is 6.42. The molecule has 2 aromatic carbocycles. The van der Waals surface area contributed by atoms with Crippen LogP contribution >= 0.6 is 23.2 Å². The van der Waals surface area contributed by atoms with Gasteiger partial charge in [-0.15, -0.1) is 0 Å². The maximum Gasteiger partial charge on any atom is 0.255 e. The van der Waals surface area contributed by atoms with Crippen LogP contribution in [0.2, 0.25) is 10.0 Å². The Morgan fingerprint density at radius 1 is 1.12 bits per heavy atom. The van der Waals surface area contributed by atoms with Gasteiger partial charge in [0, 0.05) is 40.3 Å². The highest BCUT2D eigenvalue weighted by Crippen LogP contribution is 2.30. The number of nitrogens with zero attached hydrogens (tertiary/aromatic N) is 1. The van der Waals surface area contributed by atoms with Crippen LogP contribution in [0.15, 0.2) is 36.4 Å². The Morgan fingerprint density at radius 2 is 1.82 bits per heavy atom. The minimum absolute atomic E-state index is 0.106. The number of carbonyl (C=O) groups is 1. The Hall–Kier alpha value is -2.47. The summed E-state index contributed by atoms with van der Waals surface area (Å²) in [6.07, 6.45) is 5.75. The van der Waals surface area contributed by atoms with Crippen molar-refractivity contribution in [1.82, 2.24) is 15.2 Å². The van der Waals surface area contributed by atoms with Gasteiger partial charge in [-0.05, 0) is 70.2 Å². The Bertz CT molecular complexity index is 1150. The lowest BCUT2D eigenvalue weighted by atomic mass is 9.93. The molecule has 2 N–H and O–H groups in total. The third kappa shape index (κ3) is 5.06. The zero-order valence-electron chi connectivity index (χ0n) is 19.3. The van der Waals surface area contributed by atoms with Crippen LogP contribution in [0.1, 0.15) is 48.3 Å². The van der Waals surface area contributed by atoms with Crippen LogP contribution in [0.3, 0.4) is 0 Å². The fourth-order valence-corrected chi connectivity index (χ4v) is 4.91. The standard InChI is InChI=1S/C26H29Cl2N3O2/c1-15-10-20(11-16(2)31(15)3)30-26(32)21-7-5-6-17(25(21)33-4)8-9-19-12-18-13-22(27)23(28)14-24(18)29-19/h5-9,12-16,20,29H,10-11H2,1-4H3,(H,30,32)/b9-8+. The molecule has 3 aromatic rings. The van der Waals surface area contributed by atoms with Crippen LogP contribution < -0.4 is 10.1 Å². The van der Waals surface area contributed by atoms with E-state index in [2.05, 4.69) is 36.1 Å². The van der Waals surface area contributed by atoms with Gasteiger partial charge in [0.1, 0.15) is 5.75 Å². The number of halogens is 2. The number of likely N-dealkylation sites (tertiary alicyclic amines) is 1. The number of methoxy groups -OCH3 is 1. The Balaban J connectivity index is 1.55. The number of nitrogens with one attached hydrogen (secondary N) is 2. The van der Waals surface area contributed by atoms with E-state index in [-0.39, 0.29) is 11.9 Å². The molecule has 1 saturated heterocycles. The van der Waals surface area contributed by atoms with Crippen LogP contribution in [0.4, 0.5) is 0 Å². The first-order valence-corrected chi connectivity index (χ1v) is 11.9. The van der Waals surface area contributed by atoms with Gasteiger partial charge < -0.3 is 19.9 Å². The largest absolute Gasteiger partial charge is 0.495 e. The van der Waals surface area contributed by atoms with Gasteiger partial charge >= 0.3 is 0 Å². The Kier molecular flexibility index (Phi) is 7.03. The van der Waals surface area contributed by atoms with Crippen molar-refractivity contribution in [1.29, 1.82) is 0 Å². The summed E-state index contributed by atoms with van der Waals surface area (Å²) in [7, 11) is 3.73. The predicted molar refractivity (Wildman–Crippen MR) is 137 cm³/mol. The van der Waals surface area contributed by atoms with Gasteiger partial charge in [-0.25, -0.2) is 0 Å². The maximum absolute atomic E-state index is 13.1. The lowest BCUT2D eigenvalue weighted by Crippen LogP contribution is -2.51. The number of carbonyl (C=O) groups excluding carboxylic acids is 1. The van der Waals surface area contributed by atoms with Gasteiger partial charge in [-0.1, -0.05) is 35.3 Å². The lowest BCUT2D eigenvalue weighted by Gasteiger charge is -2.40. The number of piperidine rings is 1. The van der Waals surface area contributed by atoms with Crippen LogP contribution in [0, 0.1) is 0 Å². The second-order valence-corrected chi connectivity index (χ2v) is 9.66. The summed E-state index contributed by atoms with van der Waals surface area (Å²) in [5.41, 5.74) is 3.17. The van der Waals surface area contributed by atoms with Crippen molar-refractivity contribution < 1.29 is 9.53 Å². The van der Waals surface area contributed by atoms with Crippen molar-refractivity contribution in [2.75, 3.05) is 14.2 Å². The second kappa shape index (κ2) is 9.80. The van der Waals surface area contributed by atoms with E-state index < -0.39 is 0 Å². The van der Waals surface area contributed by atoms with E-state index in [1.807, 2.05) is 42.5 Å². The Morgan fingerprint density at radius 3 is 2.52 bits per heavy atom. The second-order valence-electron chi connectivity index (χ2n) is 8.84. The fourth-order valence-electron chi connectivity index (χ4n) is 4.58. The molecular weight excluding hydrogens is 457 g/mol. The molecule has 2 unspecified atom stereocenters. The van der Waals surface area contributed by atoms with E-state index >= 15 is 0 Å². The molecule has 1 aromatic heterocycles. The first kappa shape index (κ1) is 23.7. The van der Waals surface area contributed by atoms with Gasteiger partial charge in [0.25, 0.3) is 5.91 Å². The number of benzene rings is 2. The van der Waals surface area contributed by atoms with Crippen LogP contribution in [-0.2, 0) is 0 Å². The molecule has 2 atom stereocenters. The molecule has 7 heteroatoms. The van der Waals surface area contributed by atoms with Crippen LogP contribution in [0.5, 0.6) is 5.75 Å².